The minimum atomic E-state index is -0.479. The van der Waals surface area contributed by atoms with Gasteiger partial charge in [0.2, 0.25) is 11.7 Å². The molecule has 0 atom stereocenters. The maximum absolute atomic E-state index is 12.8. The van der Waals surface area contributed by atoms with E-state index in [1.54, 1.807) is 24.3 Å². The second-order valence-electron chi connectivity index (χ2n) is 7.67. The summed E-state index contributed by atoms with van der Waals surface area (Å²) in [6.45, 7) is 9.43. The topological polar surface area (TPSA) is 59.3 Å². The predicted molar refractivity (Wildman–Crippen MR) is 104 cm³/mol. The number of carbonyl (C=O) groups excluding carboxylic acids is 2. The van der Waals surface area contributed by atoms with Crippen molar-refractivity contribution >= 4 is 28.3 Å². The summed E-state index contributed by atoms with van der Waals surface area (Å²) in [5.41, 5.74) is 3.31. The number of rotatable bonds is 3. The number of furan rings is 1. The molecule has 0 spiro atoms. The number of amides is 1. The molecule has 0 fully saturated rings. The van der Waals surface area contributed by atoms with Crippen molar-refractivity contribution in [3.05, 3.63) is 64.9 Å². The Morgan fingerprint density at radius 1 is 0.962 bits per heavy atom. The Balaban J connectivity index is 1.97. The monoisotopic (exact) mass is 349 g/mol. The third kappa shape index (κ3) is 3.40. The number of fused-ring (bicyclic) bond motifs is 1. The molecule has 0 unspecified atom stereocenters. The van der Waals surface area contributed by atoms with Crippen molar-refractivity contribution in [2.45, 2.75) is 34.6 Å². The fraction of sp³-hybridized carbons (Fsp3) is 0.273. The summed E-state index contributed by atoms with van der Waals surface area (Å²) < 4.78 is 5.81. The van der Waals surface area contributed by atoms with Crippen LogP contribution in [0, 0.1) is 19.3 Å². The molecule has 0 aliphatic rings. The minimum Gasteiger partial charge on any atom is -0.452 e. The number of nitrogens with one attached hydrogen (secondary N) is 1. The van der Waals surface area contributed by atoms with Gasteiger partial charge in [0.05, 0.1) is 0 Å². The van der Waals surface area contributed by atoms with E-state index in [2.05, 4.69) is 5.32 Å². The summed E-state index contributed by atoms with van der Waals surface area (Å²) in [6, 6.07) is 12.8. The number of ketones is 1. The smallest absolute Gasteiger partial charge is 0.229 e. The van der Waals surface area contributed by atoms with Crippen molar-refractivity contribution in [1.82, 2.24) is 0 Å². The molecule has 0 bridgehead atoms. The van der Waals surface area contributed by atoms with Crippen LogP contribution in [0.2, 0.25) is 0 Å². The third-order valence-corrected chi connectivity index (χ3v) is 4.40. The molecule has 1 amide bonds. The lowest BCUT2D eigenvalue weighted by atomic mass is 9.95. The molecule has 26 heavy (non-hydrogen) atoms. The lowest BCUT2D eigenvalue weighted by molar-refractivity contribution is -0.123. The Morgan fingerprint density at radius 3 is 2.23 bits per heavy atom. The predicted octanol–water partition coefficient (Wildman–Crippen LogP) is 5.27. The molecule has 0 saturated carbocycles. The molecule has 3 rings (SSSR count). The van der Waals surface area contributed by atoms with E-state index < -0.39 is 5.41 Å². The van der Waals surface area contributed by atoms with Gasteiger partial charge < -0.3 is 9.73 Å². The van der Waals surface area contributed by atoms with Gasteiger partial charge in [-0.25, -0.2) is 0 Å². The molecular formula is C22H23NO3. The molecule has 1 aromatic heterocycles. The van der Waals surface area contributed by atoms with Crippen molar-refractivity contribution < 1.29 is 14.0 Å². The highest BCUT2D eigenvalue weighted by atomic mass is 16.3. The van der Waals surface area contributed by atoms with Crippen LogP contribution >= 0.6 is 0 Å². The molecule has 3 aromatic rings. The molecular weight excluding hydrogens is 326 g/mol. The van der Waals surface area contributed by atoms with Gasteiger partial charge >= 0.3 is 0 Å². The Labute approximate surface area is 153 Å². The van der Waals surface area contributed by atoms with E-state index in [0.717, 1.165) is 16.5 Å². The second-order valence-corrected chi connectivity index (χ2v) is 7.67. The summed E-state index contributed by atoms with van der Waals surface area (Å²) >= 11 is 0. The van der Waals surface area contributed by atoms with E-state index in [9.17, 15) is 9.59 Å². The van der Waals surface area contributed by atoms with Crippen LogP contribution in [0.4, 0.5) is 5.69 Å². The maximum Gasteiger partial charge on any atom is 0.229 e. The number of hydrogen-bond donors (Lipinski definition) is 1. The van der Waals surface area contributed by atoms with Crippen LogP contribution < -0.4 is 5.32 Å². The van der Waals surface area contributed by atoms with E-state index in [0.29, 0.717) is 22.6 Å². The lowest BCUT2D eigenvalue weighted by Crippen LogP contribution is -2.27. The van der Waals surface area contributed by atoms with Gasteiger partial charge in [-0.05, 0) is 32.0 Å². The average Bonchev–Trinajstić information content (AvgIpc) is 2.91. The Morgan fingerprint density at radius 2 is 1.62 bits per heavy atom. The van der Waals surface area contributed by atoms with Gasteiger partial charge in [0, 0.05) is 27.6 Å². The normalized spacial score (nSPS) is 11.6. The van der Waals surface area contributed by atoms with Crippen LogP contribution in [-0.2, 0) is 4.79 Å². The summed E-state index contributed by atoms with van der Waals surface area (Å²) in [4.78, 5) is 25.0. The van der Waals surface area contributed by atoms with Gasteiger partial charge in [0.15, 0.2) is 5.76 Å². The summed E-state index contributed by atoms with van der Waals surface area (Å²) in [7, 11) is 0. The van der Waals surface area contributed by atoms with Crippen LogP contribution in [-0.4, -0.2) is 11.7 Å². The first-order chi connectivity index (χ1) is 12.2. The lowest BCUT2D eigenvalue weighted by Gasteiger charge is -2.17. The molecule has 1 heterocycles. The largest absolute Gasteiger partial charge is 0.452 e. The van der Waals surface area contributed by atoms with Crippen LogP contribution in [0.15, 0.2) is 46.9 Å². The Hall–Kier alpha value is -2.88. The maximum atomic E-state index is 12.8. The fourth-order valence-electron chi connectivity index (χ4n) is 2.67. The van der Waals surface area contributed by atoms with E-state index >= 15 is 0 Å². The Bertz CT molecular complexity index is 989. The average molecular weight is 349 g/mol. The van der Waals surface area contributed by atoms with E-state index in [1.807, 2.05) is 52.8 Å². The molecule has 0 radical (unpaired) electrons. The number of aryl methyl sites for hydroxylation is 2. The third-order valence-electron chi connectivity index (χ3n) is 4.40. The van der Waals surface area contributed by atoms with Gasteiger partial charge in [-0.2, -0.15) is 0 Å². The number of benzene rings is 2. The zero-order valence-electron chi connectivity index (χ0n) is 15.8. The minimum absolute atomic E-state index is 0.0612. The molecule has 4 nitrogen and oxygen atoms in total. The number of carbonyl (C=O) groups is 2. The van der Waals surface area contributed by atoms with Crippen molar-refractivity contribution in [2.24, 2.45) is 5.41 Å². The molecule has 134 valence electrons. The summed E-state index contributed by atoms with van der Waals surface area (Å²) in [5, 5.41) is 3.74. The second kappa shape index (κ2) is 6.45. The highest BCUT2D eigenvalue weighted by Gasteiger charge is 2.22. The number of hydrogen-bond acceptors (Lipinski definition) is 3. The zero-order valence-corrected chi connectivity index (χ0v) is 15.8. The number of anilines is 1. The highest BCUT2D eigenvalue weighted by Crippen LogP contribution is 2.30. The molecule has 0 aliphatic heterocycles. The molecule has 0 aliphatic carbocycles. The summed E-state index contributed by atoms with van der Waals surface area (Å²) in [5.74, 6) is 0.135. The SMILES string of the molecule is Cc1ccc(C(=O)c2oc3ccc(NC(=O)C(C)(C)C)cc3c2C)cc1. The van der Waals surface area contributed by atoms with Crippen molar-refractivity contribution in [3.8, 4) is 0 Å². The summed E-state index contributed by atoms with van der Waals surface area (Å²) in [6.07, 6.45) is 0. The molecule has 0 saturated heterocycles. The van der Waals surface area contributed by atoms with E-state index in [-0.39, 0.29) is 11.7 Å². The van der Waals surface area contributed by atoms with Gasteiger partial charge in [-0.3, -0.25) is 9.59 Å². The zero-order chi connectivity index (χ0) is 19.1. The fourth-order valence-corrected chi connectivity index (χ4v) is 2.67. The molecule has 4 heteroatoms. The van der Waals surface area contributed by atoms with Gasteiger partial charge in [-0.1, -0.05) is 50.6 Å². The van der Waals surface area contributed by atoms with E-state index in [1.165, 1.54) is 0 Å². The molecule has 1 N–H and O–H groups in total. The van der Waals surface area contributed by atoms with Crippen molar-refractivity contribution in [2.75, 3.05) is 5.32 Å². The Kier molecular flexibility index (Phi) is 4.45. The van der Waals surface area contributed by atoms with Crippen LogP contribution in [0.5, 0.6) is 0 Å². The van der Waals surface area contributed by atoms with Crippen molar-refractivity contribution in [3.63, 3.8) is 0 Å². The van der Waals surface area contributed by atoms with Crippen molar-refractivity contribution in [1.29, 1.82) is 0 Å². The van der Waals surface area contributed by atoms with Crippen LogP contribution in [0.1, 0.15) is 48.0 Å². The first kappa shape index (κ1) is 17.9. The van der Waals surface area contributed by atoms with E-state index in [4.69, 9.17) is 4.42 Å². The highest BCUT2D eigenvalue weighted by molar-refractivity contribution is 6.10. The van der Waals surface area contributed by atoms with Crippen LogP contribution in [0.3, 0.4) is 0 Å². The first-order valence-corrected chi connectivity index (χ1v) is 8.63. The first-order valence-electron chi connectivity index (χ1n) is 8.63. The quantitative estimate of drug-likeness (QED) is 0.656. The molecule has 2 aromatic carbocycles. The standard InChI is InChI=1S/C22H23NO3/c1-13-6-8-15(9-7-13)19(24)20-14(2)17-12-16(10-11-18(17)26-20)23-21(25)22(3,4)5/h6-12H,1-5H3,(H,23,25). The van der Waals surface area contributed by atoms with Crippen LogP contribution in [0.25, 0.3) is 11.0 Å². The van der Waals surface area contributed by atoms with Gasteiger partial charge in [0.25, 0.3) is 0 Å². The van der Waals surface area contributed by atoms with Gasteiger partial charge in [-0.15, -0.1) is 0 Å². The van der Waals surface area contributed by atoms with Gasteiger partial charge in [0.1, 0.15) is 5.58 Å².